The third-order valence-electron chi connectivity index (χ3n) is 4.98. The standard InChI is InChI=1S/C22H25FN2O3/c1-15-3-4-16(11-20(15)28-2)7-10-21(26)24-19-12-22(27)25(14-19)13-17-5-8-18(23)9-6-17/h3-6,8-9,11,19H,7,10,12-14H2,1-2H3,(H,24,26)/t19-/m0/s1. The summed E-state index contributed by atoms with van der Waals surface area (Å²) in [5.74, 6) is 0.447. The van der Waals surface area contributed by atoms with Crippen LogP contribution in [0.25, 0.3) is 0 Å². The average molecular weight is 384 g/mol. The van der Waals surface area contributed by atoms with Crippen LogP contribution in [0.2, 0.25) is 0 Å². The summed E-state index contributed by atoms with van der Waals surface area (Å²) in [5, 5.41) is 2.95. The molecule has 1 atom stereocenters. The third kappa shape index (κ3) is 5.09. The van der Waals surface area contributed by atoms with Crippen molar-refractivity contribution < 1.29 is 18.7 Å². The fraction of sp³-hybridized carbons (Fsp3) is 0.364. The number of nitrogens with one attached hydrogen (secondary N) is 1. The van der Waals surface area contributed by atoms with Crippen LogP contribution in [0, 0.1) is 12.7 Å². The van der Waals surface area contributed by atoms with Gasteiger partial charge in [0.2, 0.25) is 11.8 Å². The smallest absolute Gasteiger partial charge is 0.225 e. The van der Waals surface area contributed by atoms with Crippen molar-refractivity contribution >= 4 is 11.8 Å². The van der Waals surface area contributed by atoms with Crippen molar-refractivity contribution in [2.75, 3.05) is 13.7 Å². The lowest BCUT2D eigenvalue weighted by molar-refractivity contribution is -0.128. The van der Waals surface area contributed by atoms with Crippen LogP contribution >= 0.6 is 0 Å². The van der Waals surface area contributed by atoms with Crippen LogP contribution < -0.4 is 10.1 Å². The van der Waals surface area contributed by atoms with Crippen LogP contribution in [0.4, 0.5) is 4.39 Å². The first-order valence-electron chi connectivity index (χ1n) is 9.39. The first-order valence-corrected chi connectivity index (χ1v) is 9.39. The Hall–Kier alpha value is -2.89. The van der Waals surface area contributed by atoms with Gasteiger partial charge in [-0.15, -0.1) is 0 Å². The lowest BCUT2D eigenvalue weighted by Gasteiger charge is -2.17. The summed E-state index contributed by atoms with van der Waals surface area (Å²) in [6.07, 6.45) is 1.27. The lowest BCUT2D eigenvalue weighted by Crippen LogP contribution is -2.37. The molecule has 0 radical (unpaired) electrons. The Morgan fingerprint density at radius 2 is 1.93 bits per heavy atom. The number of carbonyl (C=O) groups excluding carboxylic acids is 2. The van der Waals surface area contributed by atoms with Crippen LogP contribution in [0.1, 0.15) is 29.5 Å². The van der Waals surface area contributed by atoms with Crippen molar-refractivity contribution in [3.05, 3.63) is 65.0 Å². The zero-order valence-electron chi connectivity index (χ0n) is 16.2. The number of carbonyl (C=O) groups is 2. The molecule has 3 rings (SSSR count). The second-order valence-electron chi connectivity index (χ2n) is 7.17. The molecule has 1 heterocycles. The fourth-order valence-electron chi connectivity index (χ4n) is 3.41. The minimum absolute atomic E-state index is 0.00195. The van der Waals surface area contributed by atoms with Crippen LogP contribution in [0.15, 0.2) is 42.5 Å². The molecule has 1 aliphatic heterocycles. The minimum atomic E-state index is -0.298. The van der Waals surface area contributed by atoms with Crippen LogP contribution in [-0.4, -0.2) is 36.4 Å². The molecule has 2 aromatic carbocycles. The van der Waals surface area contributed by atoms with Crippen molar-refractivity contribution in [1.82, 2.24) is 10.2 Å². The molecule has 0 unspecified atom stereocenters. The number of nitrogens with zero attached hydrogens (tertiary/aromatic N) is 1. The van der Waals surface area contributed by atoms with E-state index in [2.05, 4.69) is 5.32 Å². The van der Waals surface area contributed by atoms with Gasteiger partial charge in [-0.2, -0.15) is 0 Å². The van der Waals surface area contributed by atoms with Crippen molar-refractivity contribution in [3.8, 4) is 5.75 Å². The Bertz CT molecular complexity index is 851. The maximum absolute atomic E-state index is 13.0. The maximum Gasteiger partial charge on any atom is 0.225 e. The Labute approximate surface area is 164 Å². The van der Waals surface area contributed by atoms with Crippen LogP contribution in [-0.2, 0) is 22.6 Å². The van der Waals surface area contributed by atoms with E-state index in [1.807, 2.05) is 25.1 Å². The van der Waals surface area contributed by atoms with E-state index in [9.17, 15) is 14.0 Å². The van der Waals surface area contributed by atoms with Gasteiger partial charge in [-0.1, -0.05) is 24.3 Å². The predicted octanol–water partition coefficient (Wildman–Crippen LogP) is 2.99. The number of amides is 2. The Kier molecular flexibility index (Phi) is 6.29. The molecule has 1 N–H and O–H groups in total. The summed E-state index contributed by atoms with van der Waals surface area (Å²) in [6.45, 7) is 2.87. The second kappa shape index (κ2) is 8.87. The molecule has 0 aromatic heterocycles. The number of hydrogen-bond acceptors (Lipinski definition) is 3. The quantitative estimate of drug-likeness (QED) is 0.798. The van der Waals surface area contributed by atoms with Crippen LogP contribution in [0.5, 0.6) is 5.75 Å². The molecule has 148 valence electrons. The van der Waals surface area contributed by atoms with Crippen molar-refractivity contribution in [2.24, 2.45) is 0 Å². The van der Waals surface area contributed by atoms with Gasteiger partial charge in [-0.05, 0) is 48.2 Å². The van der Waals surface area contributed by atoms with Gasteiger partial charge in [-0.3, -0.25) is 9.59 Å². The molecule has 28 heavy (non-hydrogen) atoms. The molecular formula is C22H25FN2O3. The summed E-state index contributed by atoms with van der Waals surface area (Å²) >= 11 is 0. The number of methoxy groups -OCH3 is 1. The van der Waals surface area contributed by atoms with Crippen molar-refractivity contribution in [1.29, 1.82) is 0 Å². The second-order valence-corrected chi connectivity index (χ2v) is 7.17. The number of rotatable bonds is 7. The van der Waals surface area contributed by atoms with E-state index in [-0.39, 0.29) is 23.7 Å². The van der Waals surface area contributed by atoms with E-state index >= 15 is 0 Å². The molecule has 0 aliphatic carbocycles. The van der Waals surface area contributed by atoms with Gasteiger partial charge in [0.1, 0.15) is 11.6 Å². The number of aryl methyl sites for hydroxylation is 2. The van der Waals surface area contributed by atoms with E-state index < -0.39 is 0 Å². The number of halogens is 1. The SMILES string of the molecule is COc1cc(CCC(=O)N[C@H]2CC(=O)N(Cc3ccc(F)cc3)C2)ccc1C. The average Bonchev–Trinajstić information content (AvgIpc) is 3.01. The van der Waals surface area contributed by atoms with Crippen LogP contribution in [0.3, 0.4) is 0 Å². The topological polar surface area (TPSA) is 58.6 Å². The molecule has 2 aromatic rings. The lowest BCUT2D eigenvalue weighted by atomic mass is 10.1. The van der Waals surface area contributed by atoms with Crippen molar-refractivity contribution in [2.45, 2.75) is 38.8 Å². The molecule has 6 heteroatoms. The molecule has 5 nitrogen and oxygen atoms in total. The van der Waals surface area contributed by atoms with Gasteiger partial charge in [0, 0.05) is 25.9 Å². The molecule has 0 saturated carbocycles. The first kappa shape index (κ1) is 19.9. The summed E-state index contributed by atoms with van der Waals surface area (Å²) in [7, 11) is 1.63. The predicted molar refractivity (Wildman–Crippen MR) is 104 cm³/mol. The van der Waals surface area contributed by atoms with E-state index in [0.717, 1.165) is 22.4 Å². The molecule has 0 bridgehead atoms. The Morgan fingerprint density at radius 3 is 2.64 bits per heavy atom. The first-order chi connectivity index (χ1) is 13.4. The molecule has 1 aliphatic rings. The summed E-state index contributed by atoms with van der Waals surface area (Å²) in [4.78, 5) is 26.2. The van der Waals surface area contributed by atoms with Gasteiger partial charge >= 0.3 is 0 Å². The highest BCUT2D eigenvalue weighted by Gasteiger charge is 2.30. The molecule has 2 amide bonds. The molecule has 1 saturated heterocycles. The summed E-state index contributed by atoms with van der Waals surface area (Å²) < 4.78 is 18.3. The highest BCUT2D eigenvalue weighted by Crippen LogP contribution is 2.20. The number of benzene rings is 2. The molecule has 1 fully saturated rings. The van der Waals surface area contributed by atoms with E-state index in [1.165, 1.54) is 12.1 Å². The normalized spacial score (nSPS) is 16.3. The van der Waals surface area contributed by atoms with Gasteiger partial charge in [0.15, 0.2) is 0 Å². The monoisotopic (exact) mass is 384 g/mol. The van der Waals surface area contributed by atoms with Gasteiger partial charge in [-0.25, -0.2) is 4.39 Å². The van der Waals surface area contributed by atoms with Gasteiger partial charge in [0.05, 0.1) is 13.2 Å². The Morgan fingerprint density at radius 1 is 1.21 bits per heavy atom. The van der Waals surface area contributed by atoms with E-state index in [1.54, 1.807) is 24.1 Å². The maximum atomic E-state index is 13.0. The highest BCUT2D eigenvalue weighted by molar-refractivity contribution is 5.82. The zero-order chi connectivity index (χ0) is 20.1. The number of likely N-dealkylation sites (tertiary alicyclic amines) is 1. The Balaban J connectivity index is 1.48. The summed E-state index contributed by atoms with van der Waals surface area (Å²) in [5.41, 5.74) is 2.97. The number of ether oxygens (including phenoxy) is 1. The third-order valence-corrected chi connectivity index (χ3v) is 4.98. The highest BCUT2D eigenvalue weighted by atomic mass is 19.1. The molecule has 0 spiro atoms. The minimum Gasteiger partial charge on any atom is -0.496 e. The van der Waals surface area contributed by atoms with E-state index in [4.69, 9.17) is 4.74 Å². The number of hydrogen-bond donors (Lipinski definition) is 1. The van der Waals surface area contributed by atoms with Gasteiger partial charge < -0.3 is 15.0 Å². The fourth-order valence-corrected chi connectivity index (χ4v) is 3.41. The largest absolute Gasteiger partial charge is 0.496 e. The van der Waals surface area contributed by atoms with E-state index in [0.29, 0.717) is 32.4 Å². The summed E-state index contributed by atoms with van der Waals surface area (Å²) in [6, 6.07) is 11.8. The van der Waals surface area contributed by atoms with Gasteiger partial charge in [0.25, 0.3) is 0 Å². The molecular weight excluding hydrogens is 359 g/mol. The van der Waals surface area contributed by atoms with Crippen molar-refractivity contribution in [3.63, 3.8) is 0 Å². The zero-order valence-corrected chi connectivity index (χ0v) is 16.2.